The fraction of sp³-hybridized carbons (Fsp3) is 0.478. The van der Waals surface area contributed by atoms with E-state index in [4.69, 9.17) is 11.6 Å². The Bertz CT molecular complexity index is 1440. The summed E-state index contributed by atoms with van der Waals surface area (Å²) in [7, 11) is -3.38. The number of aliphatic hydroxyl groups is 2. The predicted molar refractivity (Wildman–Crippen MR) is 133 cm³/mol. The number of β-amino-alcohol motifs (C(OH)–C–C–N with tert-alkyl or cyclic N) is 1. The number of aliphatic imine (C=N–C) groups is 1. The molecule has 10 nitrogen and oxygen atoms in total. The second-order valence-corrected chi connectivity index (χ2v) is 11.6. The minimum Gasteiger partial charge on any atom is -0.391 e. The number of benzene rings is 1. The maximum atomic E-state index is 15.1. The van der Waals surface area contributed by atoms with Crippen LogP contribution in [0.4, 0.5) is 10.3 Å². The lowest BCUT2D eigenvalue weighted by molar-refractivity contribution is 0.0829. The Hall–Kier alpha value is -2.51. The summed E-state index contributed by atoms with van der Waals surface area (Å²) in [4.78, 5) is 17.1. The molecule has 0 radical (unpaired) electrons. The van der Waals surface area contributed by atoms with Gasteiger partial charge in [-0.1, -0.05) is 11.6 Å². The number of hydrogen-bond donors (Lipinski definition) is 2. The van der Waals surface area contributed by atoms with Crippen molar-refractivity contribution in [3.8, 4) is 11.3 Å². The fourth-order valence-electron chi connectivity index (χ4n) is 4.68. The summed E-state index contributed by atoms with van der Waals surface area (Å²) in [6, 6.07) is 3.22. The highest BCUT2D eigenvalue weighted by molar-refractivity contribution is 7.88. The van der Waals surface area contributed by atoms with Gasteiger partial charge in [0.15, 0.2) is 5.82 Å². The van der Waals surface area contributed by atoms with Gasteiger partial charge in [0, 0.05) is 36.8 Å². The Labute approximate surface area is 212 Å². The van der Waals surface area contributed by atoms with Gasteiger partial charge in [0.05, 0.1) is 34.8 Å². The first-order valence-electron chi connectivity index (χ1n) is 11.7. The van der Waals surface area contributed by atoms with E-state index in [-0.39, 0.29) is 48.1 Å². The highest BCUT2D eigenvalue weighted by Gasteiger charge is 2.31. The largest absolute Gasteiger partial charge is 0.391 e. The van der Waals surface area contributed by atoms with Crippen LogP contribution < -0.4 is 0 Å². The number of hydrogen-bond acceptors (Lipinski definition) is 8. The molecule has 3 heterocycles. The van der Waals surface area contributed by atoms with Crippen molar-refractivity contribution in [3.05, 3.63) is 35.0 Å². The van der Waals surface area contributed by atoms with Gasteiger partial charge in [0.1, 0.15) is 17.9 Å². The van der Waals surface area contributed by atoms with Crippen LogP contribution >= 0.6 is 11.6 Å². The van der Waals surface area contributed by atoms with Gasteiger partial charge in [0.25, 0.3) is 0 Å². The van der Waals surface area contributed by atoms with E-state index in [9.17, 15) is 18.6 Å². The molecule has 3 aromatic rings. The van der Waals surface area contributed by atoms with E-state index in [0.29, 0.717) is 29.0 Å². The van der Waals surface area contributed by atoms with Crippen LogP contribution in [0.1, 0.15) is 37.5 Å². The van der Waals surface area contributed by atoms with Crippen LogP contribution in [0.3, 0.4) is 0 Å². The van der Waals surface area contributed by atoms with Gasteiger partial charge in [-0.05, 0) is 37.8 Å². The van der Waals surface area contributed by atoms with E-state index < -0.39 is 21.9 Å². The fourth-order valence-corrected chi connectivity index (χ4v) is 5.74. The Morgan fingerprint density at radius 3 is 2.69 bits per heavy atom. The quantitative estimate of drug-likeness (QED) is 0.463. The van der Waals surface area contributed by atoms with Crippen LogP contribution in [0.5, 0.6) is 0 Å². The summed E-state index contributed by atoms with van der Waals surface area (Å²) >= 11 is 6.37. The van der Waals surface area contributed by atoms with E-state index in [0.717, 1.165) is 25.5 Å². The molecule has 36 heavy (non-hydrogen) atoms. The Balaban J connectivity index is 1.45. The summed E-state index contributed by atoms with van der Waals surface area (Å²) in [6.45, 7) is -0.0167. The predicted octanol–water partition coefficient (Wildman–Crippen LogP) is 2.85. The third-order valence-corrected chi connectivity index (χ3v) is 8.40. The maximum absolute atomic E-state index is 15.1. The zero-order valence-electron chi connectivity index (χ0n) is 19.5. The van der Waals surface area contributed by atoms with Gasteiger partial charge in [-0.3, -0.25) is 0 Å². The summed E-state index contributed by atoms with van der Waals surface area (Å²) in [6.07, 6.45) is 6.44. The van der Waals surface area contributed by atoms with Crippen LogP contribution in [0.2, 0.25) is 5.02 Å². The van der Waals surface area contributed by atoms with Crippen LogP contribution in [-0.4, -0.2) is 74.1 Å². The van der Waals surface area contributed by atoms with E-state index in [1.54, 1.807) is 6.07 Å². The van der Waals surface area contributed by atoms with Crippen molar-refractivity contribution in [2.45, 2.75) is 44.4 Å². The van der Waals surface area contributed by atoms with Crippen molar-refractivity contribution < 1.29 is 23.0 Å². The van der Waals surface area contributed by atoms with E-state index in [2.05, 4.69) is 19.9 Å². The topological polar surface area (TPSA) is 134 Å². The van der Waals surface area contributed by atoms with Crippen LogP contribution in [-0.2, 0) is 16.6 Å². The Morgan fingerprint density at radius 1 is 1.28 bits per heavy atom. The molecule has 1 aliphatic heterocycles. The van der Waals surface area contributed by atoms with Gasteiger partial charge in [-0.25, -0.2) is 32.8 Å². The molecular formula is C23H26ClFN6O4S. The van der Waals surface area contributed by atoms with Gasteiger partial charge in [-0.15, -0.1) is 0 Å². The second-order valence-electron chi connectivity index (χ2n) is 9.25. The summed E-state index contributed by atoms with van der Waals surface area (Å²) < 4.78 is 41.7. The summed E-state index contributed by atoms with van der Waals surface area (Å²) in [5.41, 5.74) is 1.47. The molecule has 0 amide bonds. The molecule has 5 rings (SSSR count). The molecule has 0 bridgehead atoms. The molecule has 13 heteroatoms. The number of imidazole rings is 1. The van der Waals surface area contributed by atoms with Crippen molar-refractivity contribution >= 4 is 44.8 Å². The number of piperidine rings is 1. The first-order valence-corrected chi connectivity index (χ1v) is 13.9. The molecule has 1 saturated carbocycles. The number of fused-ring (bicyclic) bond motifs is 1. The number of sulfonamides is 1. The summed E-state index contributed by atoms with van der Waals surface area (Å²) in [5, 5.41) is 20.4. The van der Waals surface area contributed by atoms with Crippen molar-refractivity contribution in [1.29, 1.82) is 0 Å². The molecule has 1 aromatic carbocycles. The zero-order valence-corrected chi connectivity index (χ0v) is 21.1. The number of aliphatic hydroxyl groups excluding tert-OH is 2. The van der Waals surface area contributed by atoms with E-state index in [1.165, 1.54) is 22.8 Å². The minimum absolute atomic E-state index is 0.00790. The first-order chi connectivity index (χ1) is 17.2. The third-order valence-electron chi connectivity index (χ3n) is 6.86. The van der Waals surface area contributed by atoms with Gasteiger partial charge in [-0.2, -0.15) is 4.31 Å². The monoisotopic (exact) mass is 536 g/mol. The molecule has 0 spiro atoms. The standard InChI is InChI=1S/C23H26ClFN6O4S/c1-36(34,35)30-6-5-13(19(33)11-30)9-26-23-27-10-16(24)21(29-23)14-7-17(25)22-18(8-14)31(15-3-2-4-15)20(12-32)28-22/h7-10,13,15,19,32-33H,2-6,11-12H2,1H3/b26-9+/t13-,19+/m0/s1. The third kappa shape index (κ3) is 4.75. The minimum atomic E-state index is -3.38. The van der Waals surface area contributed by atoms with Crippen LogP contribution in [0.25, 0.3) is 22.3 Å². The van der Waals surface area contributed by atoms with Gasteiger partial charge >= 0.3 is 0 Å². The molecular weight excluding hydrogens is 511 g/mol. The summed E-state index contributed by atoms with van der Waals surface area (Å²) in [5.74, 6) is -0.412. The van der Waals surface area contributed by atoms with Crippen molar-refractivity contribution in [2.75, 3.05) is 19.3 Å². The molecule has 1 aliphatic carbocycles. The number of rotatable bonds is 6. The number of halogens is 2. The van der Waals surface area contributed by atoms with Gasteiger partial charge in [0.2, 0.25) is 16.0 Å². The van der Waals surface area contributed by atoms with E-state index in [1.807, 2.05) is 4.57 Å². The van der Waals surface area contributed by atoms with Crippen LogP contribution in [0.15, 0.2) is 23.3 Å². The highest BCUT2D eigenvalue weighted by Crippen LogP contribution is 2.38. The van der Waals surface area contributed by atoms with Crippen molar-refractivity contribution in [2.24, 2.45) is 10.9 Å². The number of nitrogens with zero attached hydrogens (tertiary/aromatic N) is 6. The molecule has 2 aliphatic rings. The normalized spacial score (nSPS) is 21.9. The average molecular weight is 537 g/mol. The SMILES string of the molecule is CS(=O)(=O)N1CC[C@@H](/C=N/c2ncc(Cl)c(-c3cc(F)c4nc(CO)n(C5CCC5)c4c3)n2)[C@H](O)C1. The molecule has 0 unspecified atom stereocenters. The van der Waals surface area contributed by atoms with E-state index >= 15 is 4.39 Å². The highest BCUT2D eigenvalue weighted by atomic mass is 35.5. The van der Waals surface area contributed by atoms with Crippen molar-refractivity contribution in [1.82, 2.24) is 23.8 Å². The van der Waals surface area contributed by atoms with Crippen molar-refractivity contribution in [3.63, 3.8) is 0 Å². The average Bonchev–Trinajstić information content (AvgIpc) is 3.16. The van der Waals surface area contributed by atoms with Crippen LogP contribution in [0, 0.1) is 11.7 Å². The second kappa shape index (κ2) is 9.75. The molecule has 2 atom stereocenters. The zero-order chi connectivity index (χ0) is 25.6. The molecule has 2 N–H and O–H groups in total. The molecule has 2 aromatic heterocycles. The smallest absolute Gasteiger partial charge is 0.249 e. The lowest BCUT2D eigenvalue weighted by Gasteiger charge is -2.32. The molecule has 192 valence electrons. The first kappa shape index (κ1) is 25.2. The Morgan fingerprint density at radius 2 is 2.06 bits per heavy atom. The lowest BCUT2D eigenvalue weighted by atomic mass is 9.92. The molecule has 2 fully saturated rings. The number of aromatic nitrogens is 4. The van der Waals surface area contributed by atoms with Gasteiger partial charge < -0.3 is 14.8 Å². The molecule has 1 saturated heterocycles. The maximum Gasteiger partial charge on any atom is 0.249 e. The Kier molecular flexibility index (Phi) is 6.81. The lowest BCUT2D eigenvalue weighted by Crippen LogP contribution is -2.46.